The van der Waals surface area contributed by atoms with Gasteiger partial charge in [-0.05, 0) is 12.8 Å². The highest BCUT2D eigenvalue weighted by Gasteiger charge is 2.31. The molecule has 0 aliphatic carbocycles. The number of rotatable bonds is 11. The van der Waals surface area contributed by atoms with Crippen molar-refractivity contribution in [3.8, 4) is 0 Å². The minimum absolute atomic E-state index is 0.302. The van der Waals surface area contributed by atoms with Gasteiger partial charge in [0.25, 0.3) is 0 Å². The molecule has 132 valence electrons. The molecule has 0 saturated carbocycles. The summed E-state index contributed by atoms with van der Waals surface area (Å²) in [6.07, 6.45) is -2.25. The Morgan fingerprint density at radius 3 is 2.00 bits per heavy atom. The molecule has 0 aromatic heterocycles. The van der Waals surface area contributed by atoms with Gasteiger partial charge in [-0.3, -0.25) is 18.9 Å². The van der Waals surface area contributed by atoms with Crippen molar-refractivity contribution in [1.82, 2.24) is 5.32 Å². The van der Waals surface area contributed by atoms with Gasteiger partial charge < -0.3 is 25.5 Å². The van der Waals surface area contributed by atoms with Gasteiger partial charge in [0.1, 0.15) is 6.04 Å². The molecule has 0 aromatic rings. The molecule has 1 unspecified atom stereocenters. The molecule has 10 nitrogen and oxygen atoms in total. The van der Waals surface area contributed by atoms with Crippen LogP contribution in [0, 0.1) is 5.92 Å². The highest BCUT2D eigenvalue weighted by Crippen LogP contribution is 2.44. The van der Waals surface area contributed by atoms with Gasteiger partial charge in [-0.2, -0.15) is 0 Å². The van der Waals surface area contributed by atoms with Crippen molar-refractivity contribution in [3.63, 3.8) is 0 Å². The van der Waals surface area contributed by atoms with Gasteiger partial charge in [-0.1, -0.05) is 0 Å². The first-order valence-corrected chi connectivity index (χ1v) is 8.73. The maximum atomic E-state index is 12.0. The van der Waals surface area contributed by atoms with Crippen molar-refractivity contribution in [2.75, 3.05) is 12.3 Å². The van der Waals surface area contributed by atoms with Gasteiger partial charge in [-0.25, -0.2) is 4.79 Å². The Bertz CT molecular complexity index is 519. The Kier molecular flexibility index (Phi) is 8.49. The summed E-state index contributed by atoms with van der Waals surface area (Å²) in [7, 11) is -3.99. The lowest BCUT2D eigenvalue weighted by atomic mass is 10.1. The molecule has 3 atom stereocenters. The topological polar surface area (TPSA) is 178 Å². The van der Waals surface area contributed by atoms with Gasteiger partial charge in [0.15, 0.2) is 0 Å². The molecule has 5 N–H and O–H groups in total. The summed E-state index contributed by atoms with van der Waals surface area (Å²) in [5, 5.41) is 28.5. The van der Waals surface area contributed by atoms with E-state index in [0.717, 1.165) is 6.92 Å². The van der Waals surface area contributed by atoms with Gasteiger partial charge in [-0.15, -0.1) is 0 Å². The average Bonchev–Trinajstić information content (AvgIpc) is 2.38. The van der Waals surface area contributed by atoms with Crippen molar-refractivity contribution in [2.45, 2.75) is 32.2 Å². The maximum absolute atomic E-state index is 12.0. The lowest BCUT2D eigenvalue weighted by molar-refractivity contribution is -0.143. The Morgan fingerprint density at radius 1 is 1.04 bits per heavy atom. The van der Waals surface area contributed by atoms with E-state index in [4.69, 9.17) is 15.3 Å². The summed E-state index contributed by atoms with van der Waals surface area (Å²) < 4.78 is 12.0. The Labute approximate surface area is 132 Å². The summed E-state index contributed by atoms with van der Waals surface area (Å²) in [5.41, 5.74) is 0. The smallest absolute Gasteiger partial charge is 0.326 e. The van der Waals surface area contributed by atoms with Crippen LogP contribution in [0.5, 0.6) is 0 Å². The van der Waals surface area contributed by atoms with Crippen LogP contribution in [-0.4, -0.2) is 62.4 Å². The van der Waals surface area contributed by atoms with Crippen molar-refractivity contribution in [1.29, 1.82) is 0 Å². The van der Waals surface area contributed by atoms with E-state index in [2.05, 4.69) is 5.32 Å². The van der Waals surface area contributed by atoms with Crippen LogP contribution in [-0.2, 0) is 23.7 Å². The van der Waals surface area contributed by atoms with E-state index in [1.54, 1.807) is 0 Å². The standard InChI is InChI=1S/C12H20NO9P/c1-7(14)13-9(12(19)20)4-5-23(21,22)6-8(11(17)18)2-3-10(15)16/h8-9H,2-6H2,1H3,(H,13,14)(H,15,16)(H,17,18)(H,19,20)(H,21,22)/t8-,9+/m1/s1. The third-order valence-corrected chi connectivity index (χ3v) is 4.97. The van der Waals surface area contributed by atoms with Crippen molar-refractivity contribution < 1.29 is 44.0 Å². The molecule has 1 amide bonds. The fourth-order valence-electron chi connectivity index (χ4n) is 1.86. The Morgan fingerprint density at radius 2 is 1.61 bits per heavy atom. The van der Waals surface area contributed by atoms with Gasteiger partial charge in [0.2, 0.25) is 13.3 Å². The molecule has 23 heavy (non-hydrogen) atoms. The lowest BCUT2D eigenvalue weighted by Gasteiger charge is -2.19. The van der Waals surface area contributed by atoms with E-state index in [-0.39, 0.29) is 12.8 Å². The van der Waals surface area contributed by atoms with E-state index in [0.29, 0.717) is 0 Å². The molecule has 0 spiro atoms. The zero-order valence-electron chi connectivity index (χ0n) is 12.5. The van der Waals surface area contributed by atoms with Gasteiger partial charge >= 0.3 is 17.9 Å². The number of amides is 1. The number of hydrogen-bond acceptors (Lipinski definition) is 5. The summed E-state index contributed by atoms with van der Waals surface area (Å²) in [6.45, 7) is 1.10. The molecule has 0 rings (SSSR count). The zero-order valence-corrected chi connectivity index (χ0v) is 13.4. The monoisotopic (exact) mass is 353 g/mol. The quantitative estimate of drug-likeness (QED) is 0.314. The van der Waals surface area contributed by atoms with Crippen molar-refractivity contribution >= 4 is 31.2 Å². The number of carbonyl (C=O) groups is 4. The molecule has 0 aliphatic heterocycles. The largest absolute Gasteiger partial charge is 0.481 e. The van der Waals surface area contributed by atoms with Crippen LogP contribution in [0.1, 0.15) is 26.2 Å². The highest BCUT2D eigenvalue weighted by molar-refractivity contribution is 7.58. The number of aliphatic carboxylic acids is 3. The SMILES string of the molecule is CC(=O)N[C@@H](CCP(=O)(O)C[C@@H](CCC(=O)O)C(=O)O)C(=O)O. The first-order chi connectivity index (χ1) is 10.4. The molecular formula is C12H20NO9P. The van der Waals surface area contributed by atoms with Gasteiger partial charge in [0.05, 0.1) is 5.92 Å². The predicted molar refractivity (Wildman–Crippen MR) is 77.4 cm³/mol. The number of carboxylic acid groups (broad SMARTS) is 3. The fraction of sp³-hybridized carbons (Fsp3) is 0.667. The Hall–Kier alpha value is -1.93. The van der Waals surface area contributed by atoms with Crippen LogP contribution in [0.15, 0.2) is 0 Å². The van der Waals surface area contributed by atoms with Crippen LogP contribution in [0.2, 0.25) is 0 Å². The summed E-state index contributed by atoms with van der Waals surface area (Å²) in [5.74, 6) is -5.92. The molecule has 11 heteroatoms. The number of carbonyl (C=O) groups excluding carboxylic acids is 1. The van der Waals surface area contributed by atoms with E-state index < -0.39 is 61.9 Å². The average molecular weight is 353 g/mol. The molecular weight excluding hydrogens is 333 g/mol. The van der Waals surface area contributed by atoms with E-state index >= 15 is 0 Å². The molecule has 0 fully saturated rings. The third kappa shape index (κ3) is 9.64. The van der Waals surface area contributed by atoms with E-state index in [1.165, 1.54) is 0 Å². The molecule has 0 aliphatic rings. The van der Waals surface area contributed by atoms with Crippen LogP contribution in [0.4, 0.5) is 0 Å². The summed E-state index contributed by atoms with van der Waals surface area (Å²) >= 11 is 0. The predicted octanol–water partition coefficient (Wildman–Crippen LogP) is -0.198. The molecule has 0 saturated heterocycles. The molecule has 0 radical (unpaired) electrons. The number of nitrogens with one attached hydrogen (secondary N) is 1. The minimum Gasteiger partial charge on any atom is -0.481 e. The summed E-state index contributed by atoms with van der Waals surface area (Å²) in [6, 6.07) is -1.35. The molecule has 0 aromatic carbocycles. The van der Waals surface area contributed by atoms with E-state index in [9.17, 15) is 28.6 Å². The normalized spacial score (nSPS) is 15.9. The summed E-state index contributed by atoms with van der Waals surface area (Å²) in [4.78, 5) is 53.0. The maximum Gasteiger partial charge on any atom is 0.326 e. The second-order valence-corrected chi connectivity index (χ2v) is 7.61. The fourth-order valence-corrected chi connectivity index (χ4v) is 3.73. The van der Waals surface area contributed by atoms with Crippen molar-refractivity contribution in [3.05, 3.63) is 0 Å². The second-order valence-electron chi connectivity index (χ2n) is 5.10. The number of hydrogen-bond donors (Lipinski definition) is 5. The van der Waals surface area contributed by atoms with Crippen LogP contribution in [0.25, 0.3) is 0 Å². The number of carboxylic acids is 3. The lowest BCUT2D eigenvalue weighted by Crippen LogP contribution is -2.40. The van der Waals surface area contributed by atoms with Crippen LogP contribution < -0.4 is 5.32 Å². The highest BCUT2D eigenvalue weighted by atomic mass is 31.2. The minimum atomic E-state index is -3.99. The second kappa shape index (κ2) is 9.26. The molecule has 0 heterocycles. The van der Waals surface area contributed by atoms with Gasteiger partial charge in [0, 0.05) is 25.7 Å². The first kappa shape index (κ1) is 21.1. The van der Waals surface area contributed by atoms with Crippen LogP contribution in [0.3, 0.4) is 0 Å². The first-order valence-electron chi connectivity index (χ1n) is 6.70. The van der Waals surface area contributed by atoms with Crippen LogP contribution >= 0.6 is 7.37 Å². The third-order valence-electron chi connectivity index (χ3n) is 3.00. The van der Waals surface area contributed by atoms with E-state index in [1.807, 2.05) is 0 Å². The van der Waals surface area contributed by atoms with Crippen molar-refractivity contribution in [2.24, 2.45) is 5.92 Å². The molecule has 0 bridgehead atoms. The Balaban J connectivity index is 4.73. The zero-order chi connectivity index (χ0) is 18.2.